The third-order valence-corrected chi connectivity index (χ3v) is 7.50. The molecule has 0 saturated carbocycles. The number of nitrogens with one attached hydrogen (secondary N) is 1. The lowest BCUT2D eigenvalue weighted by Gasteiger charge is -2.41. The zero-order valence-electron chi connectivity index (χ0n) is 22.9. The van der Waals surface area contributed by atoms with Crippen molar-refractivity contribution >= 4 is 46.1 Å². The standard InChI is InChI=1S/C32H31ClN4O4/c1-21-7-11-25(12-8-21)37-16-15-36(19-22(37)2)31(39)20-41-30-14-10-24(26-5-3-4-6-27(26)30)18-34-35-32(40)23-9-13-29(38)28(33)17-23/h3-14,17-18,22,38H,15-16,19-20H2,1-2H3,(H,35,40)/b34-18+. The fraction of sp³-hybridized carbons (Fsp3) is 0.219. The number of aryl methyl sites for hydroxylation is 1. The van der Waals surface area contributed by atoms with Crippen LogP contribution >= 0.6 is 11.6 Å². The van der Waals surface area contributed by atoms with Crippen molar-refractivity contribution in [3.05, 3.63) is 101 Å². The summed E-state index contributed by atoms with van der Waals surface area (Å²) in [6.07, 6.45) is 1.55. The predicted molar refractivity (Wildman–Crippen MR) is 162 cm³/mol. The summed E-state index contributed by atoms with van der Waals surface area (Å²) in [6, 6.07) is 24.1. The minimum atomic E-state index is -0.458. The molecule has 1 atom stereocenters. The number of amides is 2. The molecule has 0 bridgehead atoms. The quantitative estimate of drug-likeness (QED) is 0.230. The van der Waals surface area contributed by atoms with Crippen LogP contribution in [0.5, 0.6) is 11.5 Å². The molecule has 4 aromatic carbocycles. The molecule has 0 aromatic heterocycles. The van der Waals surface area contributed by atoms with E-state index >= 15 is 0 Å². The van der Waals surface area contributed by atoms with Crippen molar-refractivity contribution in [1.29, 1.82) is 0 Å². The van der Waals surface area contributed by atoms with Gasteiger partial charge in [-0.25, -0.2) is 5.43 Å². The molecule has 9 heteroatoms. The number of phenols is 1. The van der Waals surface area contributed by atoms with E-state index in [1.807, 2.05) is 35.2 Å². The fourth-order valence-corrected chi connectivity index (χ4v) is 5.12. The maximum atomic E-state index is 13.1. The summed E-state index contributed by atoms with van der Waals surface area (Å²) < 4.78 is 6.02. The van der Waals surface area contributed by atoms with E-state index in [4.69, 9.17) is 16.3 Å². The van der Waals surface area contributed by atoms with E-state index in [9.17, 15) is 14.7 Å². The number of hydrogen-bond donors (Lipinski definition) is 2. The molecular weight excluding hydrogens is 540 g/mol. The topological polar surface area (TPSA) is 94.5 Å². The van der Waals surface area contributed by atoms with Crippen LogP contribution in [0, 0.1) is 6.92 Å². The number of hydrogen-bond acceptors (Lipinski definition) is 6. The van der Waals surface area contributed by atoms with E-state index in [-0.39, 0.29) is 34.9 Å². The molecule has 5 rings (SSSR count). The number of nitrogens with zero attached hydrogens (tertiary/aromatic N) is 3. The van der Waals surface area contributed by atoms with Gasteiger partial charge in [-0.2, -0.15) is 5.10 Å². The lowest BCUT2D eigenvalue weighted by atomic mass is 10.0. The van der Waals surface area contributed by atoms with Crippen molar-refractivity contribution in [3.63, 3.8) is 0 Å². The first kappa shape index (κ1) is 28.0. The van der Waals surface area contributed by atoms with Gasteiger partial charge in [0.25, 0.3) is 11.8 Å². The zero-order chi connectivity index (χ0) is 28.9. The van der Waals surface area contributed by atoms with Crippen molar-refractivity contribution in [3.8, 4) is 11.5 Å². The average Bonchev–Trinajstić information content (AvgIpc) is 2.98. The van der Waals surface area contributed by atoms with Gasteiger partial charge in [-0.3, -0.25) is 9.59 Å². The molecule has 1 heterocycles. The zero-order valence-corrected chi connectivity index (χ0v) is 23.6. The van der Waals surface area contributed by atoms with Crippen LogP contribution in [0.15, 0.2) is 84.0 Å². The Hall–Kier alpha value is -4.56. The van der Waals surface area contributed by atoms with E-state index < -0.39 is 5.91 Å². The van der Waals surface area contributed by atoms with E-state index in [0.717, 1.165) is 22.9 Å². The van der Waals surface area contributed by atoms with Crippen LogP contribution in [0.4, 0.5) is 5.69 Å². The Labute approximate surface area is 243 Å². The predicted octanol–water partition coefficient (Wildman–Crippen LogP) is 5.39. The maximum Gasteiger partial charge on any atom is 0.271 e. The fourth-order valence-electron chi connectivity index (χ4n) is 4.94. The molecule has 0 spiro atoms. The first-order valence-electron chi connectivity index (χ1n) is 13.4. The summed E-state index contributed by atoms with van der Waals surface area (Å²) in [4.78, 5) is 29.7. The lowest BCUT2D eigenvalue weighted by molar-refractivity contribution is -0.134. The maximum absolute atomic E-state index is 13.1. The van der Waals surface area contributed by atoms with Gasteiger partial charge in [0.1, 0.15) is 11.5 Å². The Morgan fingerprint density at radius 1 is 1.05 bits per heavy atom. The highest BCUT2D eigenvalue weighted by Crippen LogP contribution is 2.28. The van der Waals surface area contributed by atoms with Crippen molar-refractivity contribution in [1.82, 2.24) is 10.3 Å². The first-order valence-corrected chi connectivity index (χ1v) is 13.8. The summed E-state index contributed by atoms with van der Waals surface area (Å²) in [5.41, 5.74) is 5.91. The highest BCUT2D eigenvalue weighted by molar-refractivity contribution is 6.32. The summed E-state index contributed by atoms with van der Waals surface area (Å²) in [5.74, 6) is -0.00948. The number of benzene rings is 4. The third kappa shape index (κ3) is 6.44. The highest BCUT2D eigenvalue weighted by Gasteiger charge is 2.27. The van der Waals surface area contributed by atoms with Crippen LogP contribution in [0.25, 0.3) is 10.8 Å². The minimum absolute atomic E-state index is 0.0489. The molecule has 1 aliphatic rings. The van der Waals surface area contributed by atoms with Gasteiger partial charge in [-0.15, -0.1) is 0 Å². The largest absolute Gasteiger partial charge is 0.506 e. The summed E-state index contributed by atoms with van der Waals surface area (Å²) in [7, 11) is 0. The number of rotatable bonds is 7. The molecule has 0 aliphatic carbocycles. The molecule has 4 aromatic rings. The molecule has 210 valence electrons. The number of ether oxygens (including phenoxy) is 1. The van der Waals surface area contributed by atoms with Gasteiger partial charge in [0.15, 0.2) is 6.61 Å². The summed E-state index contributed by atoms with van der Waals surface area (Å²) >= 11 is 5.89. The van der Waals surface area contributed by atoms with Gasteiger partial charge < -0.3 is 19.6 Å². The molecule has 2 N–H and O–H groups in total. The van der Waals surface area contributed by atoms with Crippen molar-refractivity contribution < 1.29 is 19.4 Å². The molecule has 1 unspecified atom stereocenters. The molecule has 1 fully saturated rings. The van der Waals surface area contributed by atoms with Gasteiger partial charge in [-0.05, 0) is 61.7 Å². The van der Waals surface area contributed by atoms with Crippen molar-refractivity contribution in [2.24, 2.45) is 5.10 Å². The number of aromatic hydroxyl groups is 1. The second-order valence-corrected chi connectivity index (χ2v) is 10.5. The van der Waals surface area contributed by atoms with Gasteiger partial charge in [0.2, 0.25) is 0 Å². The van der Waals surface area contributed by atoms with Crippen molar-refractivity contribution in [2.45, 2.75) is 19.9 Å². The average molecular weight is 571 g/mol. The summed E-state index contributed by atoms with van der Waals surface area (Å²) in [5, 5.41) is 15.4. The third-order valence-electron chi connectivity index (χ3n) is 7.19. The van der Waals surface area contributed by atoms with Crippen LogP contribution < -0.4 is 15.1 Å². The number of fused-ring (bicyclic) bond motifs is 1. The normalized spacial score (nSPS) is 15.3. The Bertz CT molecular complexity index is 1610. The van der Waals surface area contributed by atoms with Gasteiger partial charge in [0.05, 0.1) is 11.2 Å². The molecule has 8 nitrogen and oxygen atoms in total. The van der Waals surface area contributed by atoms with Gasteiger partial charge >= 0.3 is 0 Å². The van der Waals surface area contributed by atoms with Gasteiger partial charge in [0, 0.05) is 47.9 Å². The Morgan fingerprint density at radius 2 is 1.80 bits per heavy atom. The number of carbonyl (C=O) groups excluding carboxylic acids is 2. The minimum Gasteiger partial charge on any atom is -0.506 e. The molecule has 1 saturated heterocycles. The molecule has 0 radical (unpaired) electrons. The Morgan fingerprint density at radius 3 is 2.54 bits per heavy atom. The number of phenolic OH excluding ortho intramolecular Hbond substituents is 1. The monoisotopic (exact) mass is 570 g/mol. The van der Waals surface area contributed by atoms with Crippen LogP contribution in [0.3, 0.4) is 0 Å². The molecule has 1 aliphatic heterocycles. The Balaban J connectivity index is 1.21. The second kappa shape index (κ2) is 12.3. The smallest absolute Gasteiger partial charge is 0.271 e. The molecular formula is C32H31ClN4O4. The number of anilines is 1. The van der Waals surface area contributed by atoms with Crippen LogP contribution in [-0.2, 0) is 4.79 Å². The SMILES string of the molecule is Cc1ccc(N2CCN(C(=O)COc3ccc(/C=N/NC(=O)c4ccc(O)c(Cl)c4)c4ccccc34)CC2C)cc1. The number of halogens is 1. The van der Waals surface area contributed by atoms with Crippen LogP contribution in [-0.4, -0.2) is 60.3 Å². The number of carbonyl (C=O) groups is 2. The first-order chi connectivity index (χ1) is 19.8. The number of piperazine rings is 1. The van der Waals surface area contributed by atoms with Crippen molar-refractivity contribution in [2.75, 3.05) is 31.1 Å². The summed E-state index contributed by atoms with van der Waals surface area (Å²) in [6.45, 7) is 6.19. The van der Waals surface area contributed by atoms with E-state index in [1.165, 1.54) is 29.4 Å². The van der Waals surface area contributed by atoms with E-state index in [0.29, 0.717) is 18.8 Å². The molecule has 2 amide bonds. The van der Waals surface area contributed by atoms with Crippen LogP contribution in [0.1, 0.15) is 28.4 Å². The number of hydrazone groups is 1. The van der Waals surface area contributed by atoms with E-state index in [1.54, 1.807) is 12.3 Å². The van der Waals surface area contributed by atoms with Crippen LogP contribution in [0.2, 0.25) is 5.02 Å². The highest BCUT2D eigenvalue weighted by atomic mass is 35.5. The van der Waals surface area contributed by atoms with Gasteiger partial charge in [-0.1, -0.05) is 53.6 Å². The molecule has 41 heavy (non-hydrogen) atoms. The second-order valence-electron chi connectivity index (χ2n) is 10.1. The lowest BCUT2D eigenvalue weighted by Crippen LogP contribution is -2.54. The Kier molecular flexibility index (Phi) is 8.40. The van der Waals surface area contributed by atoms with E-state index in [2.05, 4.69) is 53.5 Å².